The van der Waals surface area contributed by atoms with Crippen molar-refractivity contribution in [1.82, 2.24) is 19.8 Å². The first kappa shape index (κ1) is 17.2. The standard InChI is InChI=1S/C18H23N5O2S/c1-10(24)23-8-12-13(9-23)26-18-16(12)17(22(4)11-5-6-11)19-14(20-18)7-15(25)21(2)3/h11H,5-9H2,1-4H3. The van der Waals surface area contributed by atoms with Crippen LogP contribution in [0.25, 0.3) is 10.2 Å². The summed E-state index contributed by atoms with van der Waals surface area (Å²) in [4.78, 5) is 41.1. The zero-order chi connectivity index (χ0) is 18.6. The number of carbonyl (C=O) groups excluding carboxylic acids is 2. The number of rotatable bonds is 4. The lowest BCUT2D eigenvalue weighted by molar-refractivity contribution is -0.129. The van der Waals surface area contributed by atoms with Crippen LogP contribution in [0, 0.1) is 0 Å². The Morgan fingerprint density at radius 3 is 2.54 bits per heavy atom. The molecule has 2 amide bonds. The minimum Gasteiger partial charge on any atom is -0.356 e. The molecule has 7 nitrogen and oxygen atoms in total. The molecule has 0 atom stereocenters. The third-order valence-corrected chi connectivity index (χ3v) is 6.24. The second-order valence-corrected chi connectivity index (χ2v) is 8.41. The summed E-state index contributed by atoms with van der Waals surface area (Å²) >= 11 is 1.62. The Kier molecular flexibility index (Phi) is 4.10. The van der Waals surface area contributed by atoms with Gasteiger partial charge in [0.15, 0.2) is 0 Å². The van der Waals surface area contributed by atoms with E-state index in [0.717, 1.165) is 16.0 Å². The molecule has 138 valence electrons. The van der Waals surface area contributed by atoms with Crippen molar-refractivity contribution in [2.45, 2.75) is 45.3 Å². The summed E-state index contributed by atoms with van der Waals surface area (Å²) in [5.41, 5.74) is 1.17. The van der Waals surface area contributed by atoms with Crippen LogP contribution < -0.4 is 4.90 Å². The zero-order valence-corrected chi connectivity index (χ0v) is 16.4. The number of hydrogen-bond donors (Lipinski definition) is 0. The maximum Gasteiger partial charge on any atom is 0.229 e. The van der Waals surface area contributed by atoms with Gasteiger partial charge in [0.05, 0.1) is 18.4 Å². The summed E-state index contributed by atoms with van der Waals surface area (Å²) in [6, 6.07) is 0.506. The van der Waals surface area contributed by atoms with E-state index in [1.165, 1.54) is 23.3 Å². The van der Waals surface area contributed by atoms with Crippen LogP contribution in [0.5, 0.6) is 0 Å². The summed E-state index contributed by atoms with van der Waals surface area (Å²) < 4.78 is 0. The van der Waals surface area contributed by atoms with E-state index >= 15 is 0 Å². The number of nitrogens with zero attached hydrogens (tertiary/aromatic N) is 5. The van der Waals surface area contributed by atoms with Crippen molar-refractivity contribution in [3.05, 3.63) is 16.3 Å². The molecule has 0 spiro atoms. The molecule has 1 saturated carbocycles. The molecule has 26 heavy (non-hydrogen) atoms. The molecule has 1 aliphatic carbocycles. The molecule has 1 fully saturated rings. The number of fused-ring (bicyclic) bond motifs is 3. The highest BCUT2D eigenvalue weighted by Gasteiger charge is 2.33. The van der Waals surface area contributed by atoms with Crippen LogP contribution in [0.1, 0.15) is 36.0 Å². The maximum atomic E-state index is 12.1. The van der Waals surface area contributed by atoms with Crippen LogP contribution >= 0.6 is 11.3 Å². The molecule has 8 heteroatoms. The van der Waals surface area contributed by atoms with E-state index < -0.39 is 0 Å². The van der Waals surface area contributed by atoms with Crippen LogP contribution in [-0.4, -0.2) is 58.8 Å². The van der Waals surface area contributed by atoms with Gasteiger partial charge in [0.2, 0.25) is 11.8 Å². The highest BCUT2D eigenvalue weighted by atomic mass is 32.1. The molecule has 1 aliphatic heterocycles. The van der Waals surface area contributed by atoms with E-state index in [2.05, 4.69) is 16.9 Å². The average Bonchev–Trinajstić information content (AvgIpc) is 3.25. The summed E-state index contributed by atoms with van der Waals surface area (Å²) in [5.74, 6) is 1.56. The van der Waals surface area contributed by atoms with Crippen molar-refractivity contribution in [1.29, 1.82) is 0 Å². The summed E-state index contributed by atoms with van der Waals surface area (Å²) in [6.07, 6.45) is 2.54. The van der Waals surface area contributed by atoms with Crippen molar-refractivity contribution >= 4 is 39.2 Å². The Labute approximate surface area is 156 Å². The molecule has 0 saturated heterocycles. The highest BCUT2D eigenvalue weighted by Crippen LogP contribution is 2.42. The Morgan fingerprint density at radius 1 is 1.19 bits per heavy atom. The maximum absolute atomic E-state index is 12.1. The second kappa shape index (κ2) is 6.19. The quantitative estimate of drug-likeness (QED) is 0.817. The molecule has 2 aromatic heterocycles. The Bertz CT molecular complexity index is 903. The predicted octanol–water partition coefficient (Wildman–Crippen LogP) is 1.78. The fourth-order valence-corrected chi connectivity index (χ4v) is 4.54. The monoisotopic (exact) mass is 373 g/mol. The molecule has 0 bridgehead atoms. The first-order valence-electron chi connectivity index (χ1n) is 8.84. The lowest BCUT2D eigenvalue weighted by atomic mass is 10.2. The molecular formula is C18H23N5O2S. The first-order valence-corrected chi connectivity index (χ1v) is 9.66. The fraction of sp³-hybridized carbons (Fsp3) is 0.556. The van der Waals surface area contributed by atoms with Gasteiger partial charge < -0.3 is 14.7 Å². The number of hydrogen-bond acceptors (Lipinski definition) is 6. The molecular weight excluding hydrogens is 350 g/mol. The molecule has 2 aromatic rings. The van der Waals surface area contributed by atoms with E-state index in [1.54, 1.807) is 37.3 Å². The summed E-state index contributed by atoms with van der Waals surface area (Å²) in [7, 11) is 5.56. The fourth-order valence-electron chi connectivity index (χ4n) is 3.33. The van der Waals surface area contributed by atoms with Crippen LogP contribution in [0.3, 0.4) is 0 Å². The SMILES string of the molecule is CC(=O)N1Cc2sc3nc(CC(=O)N(C)C)nc(N(C)C4CC4)c3c2C1. The lowest BCUT2D eigenvalue weighted by Crippen LogP contribution is -2.26. The van der Waals surface area contributed by atoms with Gasteiger partial charge in [0.1, 0.15) is 16.5 Å². The minimum absolute atomic E-state index is 0.00349. The number of carbonyl (C=O) groups is 2. The van der Waals surface area contributed by atoms with E-state index in [0.29, 0.717) is 25.0 Å². The van der Waals surface area contributed by atoms with Gasteiger partial charge in [0.25, 0.3) is 0 Å². The van der Waals surface area contributed by atoms with Gasteiger partial charge in [-0.05, 0) is 12.8 Å². The van der Waals surface area contributed by atoms with Crippen LogP contribution in [0.4, 0.5) is 5.82 Å². The Hall–Kier alpha value is -2.22. The number of amides is 2. The van der Waals surface area contributed by atoms with Gasteiger partial charge in [-0.3, -0.25) is 9.59 Å². The number of thiophene rings is 1. The van der Waals surface area contributed by atoms with Crippen molar-refractivity contribution in [3.8, 4) is 0 Å². The zero-order valence-electron chi connectivity index (χ0n) is 15.6. The van der Waals surface area contributed by atoms with Crippen molar-refractivity contribution in [2.75, 3.05) is 26.0 Å². The highest BCUT2D eigenvalue weighted by molar-refractivity contribution is 7.19. The number of anilines is 1. The van der Waals surface area contributed by atoms with Crippen molar-refractivity contribution in [3.63, 3.8) is 0 Å². The molecule has 0 radical (unpaired) electrons. The van der Waals surface area contributed by atoms with E-state index in [1.807, 2.05) is 4.90 Å². The third-order valence-electron chi connectivity index (χ3n) is 5.13. The van der Waals surface area contributed by atoms with Gasteiger partial charge in [-0.1, -0.05) is 0 Å². The van der Waals surface area contributed by atoms with Gasteiger partial charge in [-0.25, -0.2) is 9.97 Å². The van der Waals surface area contributed by atoms with Crippen molar-refractivity contribution < 1.29 is 9.59 Å². The number of likely N-dealkylation sites (N-methyl/N-ethyl adjacent to an activating group) is 1. The molecule has 3 heterocycles. The first-order chi connectivity index (χ1) is 12.3. The Balaban J connectivity index is 1.80. The molecule has 0 unspecified atom stereocenters. The second-order valence-electron chi connectivity index (χ2n) is 7.33. The summed E-state index contributed by atoms with van der Waals surface area (Å²) in [6.45, 7) is 2.87. The lowest BCUT2D eigenvalue weighted by Gasteiger charge is -2.20. The van der Waals surface area contributed by atoms with Gasteiger partial charge >= 0.3 is 0 Å². The van der Waals surface area contributed by atoms with E-state index in [9.17, 15) is 9.59 Å². The van der Waals surface area contributed by atoms with Crippen LogP contribution in [-0.2, 0) is 29.1 Å². The topological polar surface area (TPSA) is 69.6 Å². The van der Waals surface area contributed by atoms with Gasteiger partial charge in [-0.2, -0.15) is 0 Å². The average molecular weight is 373 g/mol. The van der Waals surface area contributed by atoms with E-state index in [4.69, 9.17) is 4.98 Å². The number of aromatic nitrogens is 2. The van der Waals surface area contributed by atoms with Gasteiger partial charge in [0, 0.05) is 51.1 Å². The Morgan fingerprint density at radius 2 is 1.92 bits per heavy atom. The van der Waals surface area contributed by atoms with Crippen LogP contribution in [0.15, 0.2) is 0 Å². The molecule has 2 aliphatic rings. The normalized spacial score (nSPS) is 16.1. The van der Waals surface area contributed by atoms with E-state index in [-0.39, 0.29) is 18.2 Å². The third kappa shape index (κ3) is 2.92. The molecule has 4 rings (SSSR count). The minimum atomic E-state index is -0.00349. The van der Waals surface area contributed by atoms with Gasteiger partial charge in [-0.15, -0.1) is 11.3 Å². The van der Waals surface area contributed by atoms with Crippen molar-refractivity contribution in [2.24, 2.45) is 0 Å². The predicted molar refractivity (Wildman–Crippen MR) is 101 cm³/mol. The largest absolute Gasteiger partial charge is 0.356 e. The molecule has 0 aromatic carbocycles. The smallest absolute Gasteiger partial charge is 0.229 e. The summed E-state index contributed by atoms with van der Waals surface area (Å²) in [5, 5.41) is 1.06. The van der Waals surface area contributed by atoms with Crippen LogP contribution in [0.2, 0.25) is 0 Å². The molecule has 0 N–H and O–H groups in total.